The summed E-state index contributed by atoms with van der Waals surface area (Å²) in [5.41, 5.74) is 1.11. The van der Waals surface area contributed by atoms with Gasteiger partial charge in [0.1, 0.15) is 5.75 Å². The first-order valence-electron chi connectivity index (χ1n) is 5.16. The van der Waals surface area contributed by atoms with Crippen molar-refractivity contribution in [3.8, 4) is 11.8 Å². The molecule has 5 heteroatoms. The third kappa shape index (κ3) is 4.87. The summed E-state index contributed by atoms with van der Waals surface area (Å²) in [6.45, 7) is 2.28. The summed E-state index contributed by atoms with van der Waals surface area (Å²) >= 11 is 3.36. The number of nitriles is 1. The molecule has 1 N–H and O–H groups in total. The van der Waals surface area contributed by atoms with E-state index in [1.807, 2.05) is 31.2 Å². The Morgan fingerprint density at radius 2 is 2.35 bits per heavy atom. The molecule has 0 heterocycles. The van der Waals surface area contributed by atoms with Gasteiger partial charge < -0.3 is 10.1 Å². The number of hydrogen-bond acceptors (Lipinski definition) is 3. The maximum atomic E-state index is 11.3. The molecular weight excluding hydrogens is 284 g/mol. The molecule has 4 nitrogen and oxygen atoms in total. The molecule has 1 amide bonds. The number of halogens is 1. The number of benzene rings is 1. The van der Waals surface area contributed by atoms with Gasteiger partial charge in [-0.3, -0.25) is 4.79 Å². The first kappa shape index (κ1) is 13.5. The van der Waals surface area contributed by atoms with Crippen LogP contribution in [-0.2, 0) is 4.79 Å². The molecule has 0 aliphatic rings. The van der Waals surface area contributed by atoms with Gasteiger partial charge in [0.05, 0.1) is 17.0 Å². The van der Waals surface area contributed by atoms with Crippen LogP contribution in [0.4, 0.5) is 0 Å². The Bertz CT molecular complexity index is 441. The van der Waals surface area contributed by atoms with Gasteiger partial charge in [-0.15, -0.1) is 0 Å². The van der Waals surface area contributed by atoms with Gasteiger partial charge in [0.15, 0.2) is 6.61 Å². The molecule has 0 aliphatic carbocycles. The molecule has 0 unspecified atom stereocenters. The zero-order valence-electron chi connectivity index (χ0n) is 9.50. The average molecular weight is 297 g/mol. The van der Waals surface area contributed by atoms with Crippen molar-refractivity contribution in [2.75, 3.05) is 13.2 Å². The Kier molecular flexibility index (Phi) is 5.50. The highest BCUT2D eigenvalue weighted by molar-refractivity contribution is 9.10. The van der Waals surface area contributed by atoms with Crippen LogP contribution in [0.25, 0.3) is 0 Å². The molecule has 90 valence electrons. The smallest absolute Gasteiger partial charge is 0.257 e. The Labute approximate surface area is 109 Å². The van der Waals surface area contributed by atoms with Gasteiger partial charge in [0, 0.05) is 6.54 Å². The lowest BCUT2D eigenvalue weighted by atomic mass is 10.2. The van der Waals surface area contributed by atoms with Crippen molar-refractivity contribution in [2.24, 2.45) is 0 Å². The fraction of sp³-hybridized carbons (Fsp3) is 0.333. The number of hydrogen-bond donors (Lipinski definition) is 1. The minimum Gasteiger partial charge on any atom is -0.483 e. The van der Waals surface area contributed by atoms with E-state index in [1.165, 1.54) is 0 Å². The van der Waals surface area contributed by atoms with Gasteiger partial charge in [0.2, 0.25) is 0 Å². The maximum absolute atomic E-state index is 11.3. The van der Waals surface area contributed by atoms with Gasteiger partial charge in [-0.1, -0.05) is 6.07 Å². The van der Waals surface area contributed by atoms with E-state index < -0.39 is 0 Å². The largest absolute Gasteiger partial charge is 0.483 e. The lowest BCUT2D eigenvalue weighted by Gasteiger charge is -2.08. The normalized spacial score (nSPS) is 9.47. The second-order valence-corrected chi connectivity index (χ2v) is 4.33. The van der Waals surface area contributed by atoms with Gasteiger partial charge in [0.25, 0.3) is 5.91 Å². The number of nitrogens with one attached hydrogen (secondary N) is 1. The van der Waals surface area contributed by atoms with Crippen LogP contribution in [0.15, 0.2) is 22.7 Å². The Morgan fingerprint density at radius 1 is 1.59 bits per heavy atom. The van der Waals surface area contributed by atoms with Crippen LogP contribution in [0.3, 0.4) is 0 Å². The first-order valence-corrected chi connectivity index (χ1v) is 5.95. The predicted molar refractivity (Wildman–Crippen MR) is 67.6 cm³/mol. The van der Waals surface area contributed by atoms with Crippen LogP contribution in [0.1, 0.15) is 12.0 Å². The molecule has 0 fully saturated rings. The highest BCUT2D eigenvalue weighted by atomic mass is 79.9. The molecule has 0 aliphatic heterocycles. The number of carbonyl (C=O) groups is 1. The second kappa shape index (κ2) is 6.92. The summed E-state index contributed by atoms with van der Waals surface area (Å²) in [4.78, 5) is 11.3. The molecule has 0 aromatic heterocycles. The molecule has 0 bridgehead atoms. The molecule has 0 atom stereocenters. The molecule has 1 rings (SSSR count). The molecule has 0 spiro atoms. The van der Waals surface area contributed by atoms with Crippen LogP contribution < -0.4 is 10.1 Å². The van der Waals surface area contributed by atoms with Gasteiger partial charge in [-0.2, -0.15) is 5.26 Å². The van der Waals surface area contributed by atoms with Crippen molar-refractivity contribution in [2.45, 2.75) is 13.3 Å². The molecule has 17 heavy (non-hydrogen) atoms. The monoisotopic (exact) mass is 296 g/mol. The summed E-state index contributed by atoms with van der Waals surface area (Å²) < 4.78 is 6.16. The molecule has 1 aromatic rings. The number of ether oxygens (including phenoxy) is 1. The standard InChI is InChI=1S/C12H13BrN2O2/c1-9-3-4-11(10(13)7-9)17-8-12(16)15-6-2-5-14/h3-4,7H,2,6,8H2,1H3,(H,15,16). The van der Waals surface area contributed by atoms with E-state index in [0.29, 0.717) is 18.7 Å². The van der Waals surface area contributed by atoms with E-state index in [2.05, 4.69) is 21.2 Å². The zero-order chi connectivity index (χ0) is 12.7. The summed E-state index contributed by atoms with van der Waals surface area (Å²) in [6, 6.07) is 7.59. The van der Waals surface area contributed by atoms with E-state index in [4.69, 9.17) is 10.00 Å². The molecule has 0 saturated heterocycles. The first-order chi connectivity index (χ1) is 8.13. The summed E-state index contributed by atoms with van der Waals surface area (Å²) in [5.74, 6) is 0.402. The topological polar surface area (TPSA) is 62.1 Å². The van der Waals surface area contributed by atoms with Crippen molar-refractivity contribution in [3.63, 3.8) is 0 Å². The molecule has 1 aromatic carbocycles. The number of aryl methyl sites for hydroxylation is 1. The van der Waals surface area contributed by atoms with Crippen molar-refractivity contribution in [1.29, 1.82) is 5.26 Å². The molecule has 0 radical (unpaired) electrons. The van der Waals surface area contributed by atoms with Gasteiger partial charge in [-0.05, 0) is 40.5 Å². The number of amides is 1. The number of rotatable bonds is 5. The Morgan fingerprint density at radius 3 is 3.00 bits per heavy atom. The van der Waals surface area contributed by atoms with Crippen molar-refractivity contribution < 1.29 is 9.53 Å². The van der Waals surface area contributed by atoms with Crippen molar-refractivity contribution in [3.05, 3.63) is 28.2 Å². The van der Waals surface area contributed by atoms with Crippen LogP contribution in [0, 0.1) is 18.3 Å². The van der Waals surface area contributed by atoms with E-state index in [1.54, 1.807) is 0 Å². The number of nitrogens with zero attached hydrogens (tertiary/aromatic N) is 1. The van der Waals surface area contributed by atoms with E-state index >= 15 is 0 Å². The summed E-state index contributed by atoms with van der Waals surface area (Å²) in [7, 11) is 0. The van der Waals surface area contributed by atoms with E-state index in [-0.39, 0.29) is 12.5 Å². The fourth-order valence-corrected chi connectivity index (χ4v) is 1.78. The summed E-state index contributed by atoms with van der Waals surface area (Å²) in [6.07, 6.45) is 0.306. The lowest BCUT2D eigenvalue weighted by molar-refractivity contribution is -0.123. The second-order valence-electron chi connectivity index (χ2n) is 3.48. The minimum atomic E-state index is -0.229. The highest BCUT2D eigenvalue weighted by Gasteiger charge is 2.05. The lowest BCUT2D eigenvalue weighted by Crippen LogP contribution is -2.29. The fourth-order valence-electron chi connectivity index (χ4n) is 1.18. The zero-order valence-corrected chi connectivity index (χ0v) is 11.1. The number of carbonyl (C=O) groups excluding carboxylic acids is 1. The van der Waals surface area contributed by atoms with Crippen LogP contribution in [0.5, 0.6) is 5.75 Å². The average Bonchev–Trinajstić information content (AvgIpc) is 2.28. The Hall–Kier alpha value is -1.54. The van der Waals surface area contributed by atoms with Crippen LogP contribution >= 0.6 is 15.9 Å². The SMILES string of the molecule is Cc1ccc(OCC(=O)NCCC#N)c(Br)c1. The van der Waals surface area contributed by atoms with E-state index in [0.717, 1.165) is 10.0 Å². The van der Waals surface area contributed by atoms with Gasteiger partial charge in [-0.25, -0.2) is 0 Å². The Balaban J connectivity index is 2.40. The molecule has 0 saturated carbocycles. The van der Waals surface area contributed by atoms with Crippen molar-refractivity contribution in [1.82, 2.24) is 5.32 Å². The third-order valence-corrected chi connectivity index (χ3v) is 2.62. The highest BCUT2D eigenvalue weighted by Crippen LogP contribution is 2.25. The summed E-state index contributed by atoms with van der Waals surface area (Å²) in [5, 5.41) is 10.9. The predicted octanol–water partition coefficient (Wildman–Crippen LogP) is 2.17. The van der Waals surface area contributed by atoms with Crippen LogP contribution in [-0.4, -0.2) is 19.1 Å². The quantitative estimate of drug-likeness (QED) is 0.847. The van der Waals surface area contributed by atoms with Gasteiger partial charge >= 0.3 is 0 Å². The third-order valence-electron chi connectivity index (χ3n) is 2.01. The minimum absolute atomic E-state index is 0.0485. The van der Waals surface area contributed by atoms with Crippen LogP contribution in [0.2, 0.25) is 0 Å². The van der Waals surface area contributed by atoms with Crippen molar-refractivity contribution >= 4 is 21.8 Å². The molecular formula is C12H13BrN2O2. The maximum Gasteiger partial charge on any atom is 0.257 e. The van der Waals surface area contributed by atoms with E-state index in [9.17, 15) is 4.79 Å².